The third kappa shape index (κ3) is 3.44. The Labute approximate surface area is 184 Å². The Bertz CT molecular complexity index is 1380. The van der Waals surface area contributed by atoms with Crippen LogP contribution in [-0.2, 0) is 11.3 Å². The van der Waals surface area contributed by atoms with Crippen LogP contribution >= 0.6 is 0 Å². The number of hydrogen-bond donors (Lipinski definition) is 1. The van der Waals surface area contributed by atoms with Gasteiger partial charge in [-0.15, -0.1) is 0 Å². The topological polar surface area (TPSA) is 92.7 Å². The van der Waals surface area contributed by atoms with Gasteiger partial charge < -0.3 is 9.64 Å². The van der Waals surface area contributed by atoms with Crippen LogP contribution in [0.1, 0.15) is 12.0 Å². The molecule has 1 saturated heterocycles. The Kier molecular flexibility index (Phi) is 4.69. The first-order valence-electron chi connectivity index (χ1n) is 10.6. The van der Waals surface area contributed by atoms with Crippen molar-refractivity contribution >= 4 is 27.9 Å². The highest BCUT2D eigenvalue weighted by Gasteiger charge is 2.25. The number of aromatic nitrogens is 6. The zero-order valence-corrected chi connectivity index (χ0v) is 17.3. The van der Waals surface area contributed by atoms with E-state index < -0.39 is 0 Å². The fourth-order valence-electron chi connectivity index (χ4n) is 4.23. The smallest absolute Gasteiger partial charge is 0.159 e. The van der Waals surface area contributed by atoms with Crippen molar-refractivity contribution in [2.24, 2.45) is 0 Å². The predicted octanol–water partition coefficient (Wildman–Crippen LogP) is 3.76. The van der Waals surface area contributed by atoms with Gasteiger partial charge in [0, 0.05) is 18.7 Å². The average molecular weight is 423 g/mol. The van der Waals surface area contributed by atoms with E-state index in [0.29, 0.717) is 12.3 Å². The lowest BCUT2D eigenvalue weighted by molar-refractivity contribution is 0.193. The van der Waals surface area contributed by atoms with Crippen LogP contribution in [0.5, 0.6) is 0 Å². The molecule has 1 atom stereocenters. The Balaban J connectivity index is 1.37. The van der Waals surface area contributed by atoms with Gasteiger partial charge in [-0.3, -0.25) is 10.1 Å². The van der Waals surface area contributed by atoms with Gasteiger partial charge in [-0.25, -0.2) is 15.0 Å². The number of nitrogens with zero attached hydrogens (tertiary/aromatic N) is 6. The van der Waals surface area contributed by atoms with Crippen LogP contribution in [0.3, 0.4) is 0 Å². The first-order chi connectivity index (χ1) is 15.8. The molecule has 158 valence electrons. The molecule has 3 aromatic heterocycles. The first kappa shape index (κ1) is 18.8. The molecule has 0 unspecified atom stereocenters. The van der Waals surface area contributed by atoms with Crippen molar-refractivity contribution in [1.29, 1.82) is 0 Å². The lowest BCUT2D eigenvalue weighted by atomic mass is 10.1. The highest BCUT2D eigenvalue weighted by molar-refractivity contribution is 5.92. The Morgan fingerprint density at radius 3 is 2.81 bits per heavy atom. The zero-order valence-electron chi connectivity index (χ0n) is 17.3. The summed E-state index contributed by atoms with van der Waals surface area (Å²) in [6, 6.07) is 16.8. The second-order valence-electron chi connectivity index (χ2n) is 7.92. The molecule has 0 radical (unpaired) electrons. The van der Waals surface area contributed by atoms with Crippen molar-refractivity contribution in [2.45, 2.75) is 19.0 Å². The number of aromatic amines is 1. The number of anilines is 1. The van der Waals surface area contributed by atoms with E-state index in [1.165, 1.54) is 5.56 Å². The monoisotopic (exact) mass is 423 g/mol. The maximum absolute atomic E-state index is 5.67. The van der Waals surface area contributed by atoms with Gasteiger partial charge >= 0.3 is 0 Å². The summed E-state index contributed by atoms with van der Waals surface area (Å²) < 4.78 is 5.67. The largest absolute Gasteiger partial charge is 0.379 e. The van der Waals surface area contributed by atoms with Gasteiger partial charge in [0.2, 0.25) is 0 Å². The third-order valence-corrected chi connectivity index (χ3v) is 5.89. The lowest BCUT2D eigenvalue weighted by Crippen LogP contribution is -2.36. The molecule has 32 heavy (non-hydrogen) atoms. The van der Waals surface area contributed by atoms with Crippen molar-refractivity contribution < 1.29 is 4.74 Å². The molecule has 8 nitrogen and oxygen atoms in total. The summed E-state index contributed by atoms with van der Waals surface area (Å²) in [4.78, 5) is 20.7. The van der Waals surface area contributed by atoms with Crippen molar-refractivity contribution in [3.05, 3.63) is 72.8 Å². The van der Waals surface area contributed by atoms with Gasteiger partial charge in [0.1, 0.15) is 12.1 Å². The molecule has 1 N–H and O–H groups in total. The van der Waals surface area contributed by atoms with Crippen LogP contribution in [-0.4, -0.2) is 49.4 Å². The van der Waals surface area contributed by atoms with E-state index in [4.69, 9.17) is 14.7 Å². The van der Waals surface area contributed by atoms with E-state index in [1.807, 2.05) is 30.5 Å². The summed E-state index contributed by atoms with van der Waals surface area (Å²) in [5, 5.41) is 7.85. The van der Waals surface area contributed by atoms with Gasteiger partial charge in [0.05, 0.1) is 47.2 Å². The molecule has 0 amide bonds. The second-order valence-corrected chi connectivity index (χ2v) is 7.92. The molecule has 1 aliphatic heterocycles. The first-order valence-corrected chi connectivity index (χ1v) is 10.6. The van der Waals surface area contributed by atoms with E-state index in [1.54, 1.807) is 12.5 Å². The highest BCUT2D eigenvalue weighted by Crippen LogP contribution is 2.28. The molecule has 0 aliphatic carbocycles. The molecular formula is C24H21N7O. The number of benzene rings is 2. The normalized spacial score (nSPS) is 16.1. The Morgan fingerprint density at radius 1 is 1.00 bits per heavy atom. The standard InChI is InChI=1S/C24H21N7O/c1-2-4-16(5-3-1)13-31(18-8-9-32-14-18)22-12-25-21-10-17(6-7-20(21)29-22)23-19-11-28-30-24(19)27-15-26-23/h1-7,10-12,15,18H,8-9,13-14H2,(H,26,27,28,30)/t18-/m0/s1. The van der Waals surface area contributed by atoms with Crippen LogP contribution in [0.25, 0.3) is 33.3 Å². The Hall–Kier alpha value is -3.91. The van der Waals surface area contributed by atoms with E-state index in [2.05, 4.69) is 49.3 Å². The molecule has 2 aromatic carbocycles. The van der Waals surface area contributed by atoms with E-state index in [9.17, 15) is 0 Å². The quantitative estimate of drug-likeness (QED) is 0.460. The SMILES string of the molecule is c1ccc(CN(c2cnc3cc(-c4ncnc5[nH]ncc45)ccc3n2)[C@H]2CCOC2)cc1. The summed E-state index contributed by atoms with van der Waals surface area (Å²) in [6.45, 7) is 2.26. The van der Waals surface area contributed by atoms with Crippen LogP contribution in [0.15, 0.2) is 67.3 Å². The zero-order chi connectivity index (χ0) is 21.3. The summed E-state index contributed by atoms with van der Waals surface area (Å²) in [5.41, 5.74) is 5.41. The molecule has 8 heteroatoms. The summed E-state index contributed by atoms with van der Waals surface area (Å²) in [7, 11) is 0. The number of fused-ring (bicyclic) bond motifs is 2. The average Bonchev–Trinajstić information content (AvgIpc) is 3.55. The summed E-state index contributed by atoms with van der Waals surface area (Å²) in [5.74, 6) is 0.865. The third-order valence-electron chi connectivity index (χ3n) is 5.89. The summed E-state index contributed by atoms with van der Waals surface area (Å²) >= 11 is 0. The maximum Gasteiger partial charge on any atom is 0.159 e. The predicted molar refractivity (Wildman–Crippen MR) is 122 cm³/mol. The number of hydrogen-bond acceptors (Lipinski definition) is 7. The minimum Gasteiger partial charge on any atom is -0.379 e. The fraction of sp³-hybridized carbons (Fsp3) is 0.208. The lowest BCUT2D eigenvalue weighted by Gasteiger charge is -2.29. The van der Waals surface area contributed by atoms with Crippen molar-refractivity contribution in [2.75, 3.05) is 18.1 Å². The van der Waals surface area contributed by atoms with Gasteiger partial charge in [-0.05, 0) is 24.1 Å². The summed E-state index contributed by atoms with van der Waals surface area (Å²) in [6.07, 6.45) is 6.13. The van der Waals surface area contributed by atoms with E-state index in [0.717, 1.165) is 53.1 Å². The number of ether oxygens (including phenoxy) is 1. The van der Waals surface area contributed by atoms with Crippen LogP contribution in [0, 0.1) is 0 Å². The molecule has 0 spiro atoms. The minimum absolute atomic E-state index is 0.289. The molecule has 0 saturated carbocycles. The maximum atomic E-state index is 5.67. The molecule has 5 aromatic rings. The molecule has 1 fully saturated rings. The van der Waals surface area contributed by atoms with E-state index in [-0.39, 0.29) is 6.04 Å². The van der Waals surface area contributed by atoms with E-state index >= 15 is 0 Å². The molecule has 1 aliphatic rings. The number of rotatable bonds is 5. The van der Waals surface area contributed by atoms with Crippen LogP contribution < -0.4 is 4.90 Å². The molecule has 0 bridgehead atoms. The molecule has 6 rings (SSSR count). The molecule has 4 heterocycles. The fourth-order valence-corrected chi connectivity index (χ4v) is 4.23. The van der Waals surface area contributed by atoms with Crippen molar-refractivity contribution in [1.82, 2.24) is 30.1 Å². The minimum atomic E-state index is 0.289. The molecular weight excluding hydrogens is 402 g/mol. The Morgan fingerprint density at radius 2 is 1.94 bits per heavy atom. The van der Waals surface area contributed by atoms with Crippen molar-refractivity contribution in [3.8, 4) is 11.3 Å². The van der Waals surface area contributed by atoms with Gasteiger partial charge in [0.15, 0.2) is 5.65 Å². The highest BCUT2D eigenvalue weighted by atomic mass is 16.5. The second kappa shape index (κ2) is 7.97. The van der Waals surface area contributed by atoms with Crippen LogP contribution in [0.4, 0.5) is 5.82 Å². The number of H-pyrrole nitrogens is 1. The van der Waals surface area contributed by atoms with Gasteiger partial charge in [-0.2, -0.15) is 5.10 Å². The van der Waals surface area contributed by atoms with Crippen LogP contribution in [0.2, 0.25) is 0 Å². The number of nitrogens with one attached hydrogen (secondary N) is 1. The van der Waals surface area contributed by atoms with Crippen molar-refractivity contribution in [3.63, 3.8) is 0 Å². The van der Waals surface area contributed by atoms with Gasteiger partial charge in [0.25, 0.3) is 0 Å². The van der Waals surface area contributed by atoms with Gasteiger partial charge in [-0.1, -0.05) is 36.4 Å².